The Kier molecular flexibility index (Phi) is 5.04. The summed E-state index contributed by atoms with van der Waals surface area (Å²) in [4.78, 5) is 27.5. The van der Waals surface area contributed by atoms with Crippen LogP contribution >= 0.6 is 11.3 Å². The number of hydrogen-bond acceptors (Lipinski definition) is 3. The van der Waals surface area contributed by atoms with Crippen molar-refractivity contribution >= 4 is 23.2 Å². The summed E-state index contributed by atoms with van der Waals surface area (Å²) >= 11 is 1.72. The number of rotatable bonds is 5. The summed E-state index contributed by atoms with van der Waals surface area (Å²) in [5.41, 5.74) is -0.0893. The van der Waals surface area contributed by atoms with Gasteiger partial charge in [-0.2, -0.15) is 0 Å². The van der Waals surface area contributed by atoms with E-state index < -0.39 is 0 Å². The van der Waals surface area contributed by atoms with Gasteiger partial charge >= 0.3 is 0 Å². The van der Waals surface area contributed by atoms with E-state index in [9.17, 15) is 9.59 Å². The van der Waals surface area contributed by atoms with Gasteiger partial charge in [0.15, 0.2) is 0 Å². The molecule has 2 heterocycles. The van der Waals surface area contributed by atoms with Gasteiger partial charge < -0.3 is 10.2 Å². The van der Waals surface area contributed by atoms with Crippen molar-refractivity contribution in [2.24, 2.45) is 0 Å². The summed E-state index contributed by atoms with van der Waals surface area (Å²) in [6.07, 6.45) is 1.99. The fourth-order valence-electron chi connectivity index (χ4n) is 2.76. The first kappa shape index (κ1) is 16.0. The van der Waals surface area contributed by atoms with Gasteiger partial charge in [0.1, 0.15) is 6.04 Å². The van der Waals surface area contributed by atoms with Crippen LogP contribution in [0.15, 0.2) is 17.5 Å². The summed E-state index contributed by atoms with van der Waals surface area (Å²) in [6, 6.07) is 3.79. The Balaban J connectivity index is 2.13. The number of thiophene rings is 1. The standard InChI is InChI=1S/C16H24N2O2S/c1-4-6-12-15(20)18(9-8-14(19)17-12)11-16(2,3)13-7-5-10-21-13/h5,7,10,12H,4,6,8-9,11H2,1-3H3,(H,17,19). The third kappa shape index (κ3) is 3.84. The number of carbonyl (C=O) groups is 2. The van der Waals surface area contributed by atoms with Crippen molar-refractivity contribution in [3.63, 3.8) is 0 Å². The Labute approximate surface area is 130 Å². The highest BCUT2D eigenvalue weighted by molar-refractivity contribution is 7.10. The number of nitrogens with one attached hydrogen (secondary N) is 1. The minimum Gasteiger partial charge on any atom is -0.344 e. The topological polar surface area (TPSA) is 49.4 Å². The predicted octanol–water partition coefficient (Wildman–Crippen LogP) is 2.54. The maximum Gasteiger partial charge on any atom is 0.245 e. The zero-order valence-corrected chi connectivity index (χ0v) is 13.8. The Morgan fingerprint density at radius 3 is 2.81 bits per heavy atom. The van der Waals surface area contributed by atoms with E-state index in [4.69, 9.17) is 0 Å². The summed E-state index contributed by atoms with van der Waals surface area (Å²) < 4.78 is 0. The monoisotopic (exact) mass is 308 g/mol. The maximum atomic E-state index is 12.6. The van der Waals surface area contributed by atoms with E-state index in [0.29, 0.717) is 25.9 Å². The molecule has 1 N–H and O–H groups in total. The van der Waals surface area contributed by atoms with Crippen LogP contribution in [0.3, 0.4) is 0 Å². The Hall–Kier alpha value is -1.36. The second kappa shape index (κ2) is 6.60. The predicted molar refractivity (Wildman–Crippen MR) is 85.4 cm³/mol. The third-order valence-electron chi connectivity index (χ3n) is 3.91. The fraction of sp³-hybridized carbons (Fsp3) is 0.625. The molecule has 2 rings (SSSR count). The van der Waals surface area contributed by atoms with Gasteiger partial charge in [0.25, 0.3) is 0 Å². The largest absolute Gasteiger partial charge is 0.344 e. The molecule has 5 heteroatoms. The van der Waals surface area contributed by atoms with Crippen LogP contribution < -0.4 is 5.32 Å². The maximum absolute atomic E-state index is 12.6. The van der Waals surface area contributed by atoms with Gasteiger partial charge in [0, 0.05) is 29.8 Å². The molecule has 4 nitrogen and oxygen atoms in total. The van der Waals surface area contributed by atoms with Crippen LogP contribution in [-0.4, -0.2) is 35.8 Å². The molecule has 0 saturated carbocycles. The summed E-state index contributed by atoms with van der Waals surface area (Å²) in [6.45, 7) is 7.51. The molecule has 0 radical (unpaired) electrons. The van der Waals surface area contributed by atoms with Crippen LogP contribution in [0.25, 0.3) is 0 Å². The van der Waals surface area contributed by atoms with Crippen molar-refractivity contribution in [2.75, 3.05) is 13.1 Å². The lowest BCUT2D eigenvalue weighted by Crippen LogP contribution is -2.47. The molecule has 2 amide bonds. The van der Waals surface area contributed by atoms with Crippen molar-refractivity contribution in [2.45, 2.75) is 51.5 Å². The zero-order chi connectivity index (χ0) is 15.5. The first-order valence-corrected chi connectivity index (χ1v) is 8.44. The first-order valence-electron chi connectivity index (χ1n) is 7.56. The summed E-state index contributed by atoms with van der Waals surface area (Å²) in [5.74, 6) is 0.0468. The summed E-state index contributed by atoms with van der Waals surface area (Å²) in [5, 5.41) is 4.91. The van der Waals surface area contributed by atoms with Crippen LogP contribution in [0.5, 0.6) is 0 Å². The molecule has 1 saturated heterocycles. The van der Waals surface area contributed by atoms with E-state index in [0.717, 1.165) is 6.42 Å². The first-order chi connectivity index (χ1) is 9.94. The smallest absolute Gasteiger partial charge is 0.245 e. The normalized spacial score (nSPS) is 20.3. The minimum absolute atomic E-state index is 0.0155. The number of amides is 2. The molecule has 1 atom stereocenters. The van der Waals surface area contributed by atoms with Crippen LogP contribution in [0, 0.1) is 0 Å². The highest BCUT2D eigenvalue weighted by Gasteiger charge is 2.33. The van der Waals surface area contributed by atoms with E-state index in [2.05, 4.69) is 30.6 Å². The van der Waals surface area contributed by atoms with Crippen molar-refractivity contribution in [1.82, 2.24) is 10.2 Å². The zero-order valence-electron chi connectivity index (χ0n) is 13.0. The molecule has 0 spiro atoms. The molecule has 1 aromatic heterocycles. The average molecular weight is 308 g/mol. The van der Waals surface area contributed by atoms with E-state index in [1.165, 1.54) is 4.88 Å². The lowest BCUT2D eigenvalue weighted by molar-refractivity contribution is -0.134. The van der Waals surface area contributed by atoms with E-state index in [1.807, 2.05) is 17.9 Å². The molecule has 0 aromatic carbocycles. The van der Waals surface area contributed by atoms with Crippen LogP contribution in [0.2, 0.25) is 0 Å². The van der Waals surface area contributed by atoms with Crippen molar-refractivity contribution in [1.29, 1.82) is 0 Å². The van der Waals surface area contributed by atoms with Gasteiger partial charge in [-0.1, -0.05) is 33.3 Å². The molecular weight excluding hydrogens is 284 g/mol. The fourth-order valence-corrected chi connectivity index (χ4v) is 3.60. The van der Waals surface area contributed by atoms with Crippen molar-refractivity contribution in [3.8, 4) is 0 Å². The molecular formula is C16H24N2O2S. The highest BCUT2D eigenvalue weighted by Crippen LogP contribution is 2.29. The van der Waals surface area contributed by atoms with Crippen molar-refractivity contribution in [3.05, 3.63) is 22.4 Å². The van der Waals surface area contributed by atoms with E-state index in [1.54, 1.807) is 11.3 Å². The average Bonchev–Trinajstić information content (AvgIpc) is 2.93. The van der Waals surface area contributed by atoms with Gasteiger partial charge in [-0.05, 0) is 17.9 Å². The molecule has 1 unspecified atom stereocenters. The summed E-state index contributed by atoms with van der Waals surface area (Å²) in [7, 11) is 0. The van der Waals surface area contributed by atoms with E-state index >= 15 is 0 Å². The molecule has 1 aliphatic heterocycles. The Morgan fingerprint density at radius 2 is 2.19 bits per heavy atom. The molecule has 0 bridgehead atoms. The van der Waals surface area contributed by atoms with Gasteiger partial charge in [-0.25, -0.2) is 0 Å². The third-order valence-corrected chi connectivity index (χ3v) is 5.14. The molecule has 1 fully saturated rings. The molecule has 0 aliphatic carbocycles. The van der Waals surface area contributed by atoms with Crippen LogP contribution in [0.4, 0.5) is 0 Å². The number of hydrogen-bond donors (Lipinski definition) is 1. The molecule has 1 aromatic rings. The number of nitrogens with zero attached hydrogens (tertiary/aromatic N) is 1. The Bertz CT molecular complexity index is 496. The molecule has 1 aliphatic rings. The lowest BCUT2D eigenvalue weighted by atomic mass is 9.90. The minimum atomic E-state index is -0.357. The Morgan fingerprint density at radius 1 is 1.43 bits per heavy atom. The second-order valence-corrected chi connectivity index (χ2v) is 7.23. The van der Waals surface area contributed by atoms with Gasteiger partial charge in [-0.3, -0.25) is 9.59 Å². The highest BCUT2D eigenvalue weighted by atomic mass is 32.1. The van der Waals surface area contributed by atoms with Crippen LogP contribution in [-0.2, 0) is 15.0 Å². The van der Waals surface area contributed by atoms with Crippen molar-refractivity contribution < 1.29 is 9.59 Å². The van der Waals surface area contributed by atoms with Gasteiger partial charge in [0.05, 0.1) is 0 Å². The number of carbonyl (C=O) groups excluding carboxylic acids is 2. The lowest BCUT2D eigenvalue weighted by Gasteiger charge is -2.32. The van der Waals surface area contributed by atoms with Crippen LogP contribution in [0.1, 0.15) is 44.9 Å². The molecule has 21 heavy (non-hydrogen) atoms. The quantitative estimate of drug-likeness (QED) is 0.909. The molecule has 116 valence electrons. The van der Waals surface area contributed by atoms with Gasteiger partial charge in [-0.15, -0.1) is 11.3 Å². The second-order valence-electron chi connectivity index (χ2n) is 6.28. The van der Waals surface area contributed by atoms with E-state index in [-0.39, 0.29) is 23.3 Å². The van der Waals surface area contributed by atoms with Gasteiger partial charge in [0.2, 0.25) is 11.8 Å². The SMILES string of the molecule is CCCC1NC(=O)CCN(CC(C)(C)c2cccs2)C1=O.